The molecule has 0 aliphatic carbocycles. The fraction of sp³-hybridized carbons (Fsp3) is 0.529. The van der Waals surface area contributed by atoms with Crippen molar-refractivity contribution in [3.63, 3.8) is 0 Å². The van der Waals surface area contributed by atoms with Crippen LogP contribution in [0.3, 0.4) is 0 Å². The van der Waals surface area contributed by atoms with Gasteiger partial charge in [-0.05, 0) is 51.3 Å². The molecular weight excluding hydrogens is 218 g/mol. The second-order valence-corrected chi connectivity index (χ2v) is 6.61. The summed E-state index contributed by atoms with van der Waals surface area (Å²) in [5, 5.41) is 0. The highest BCUT2D eigenvalue weighted by Crippen LogP contribution is 2.50. The highest BCUT2D eigenvalue weighted by atomic mass is 15.2. The fourth-order valence-electron chi connectivity index (χ4n) is 2.83. The van der Waals surface area contributed by atoms with Crippen LogP contribution >= 0.6 is 0 Å². The first-order chi connectivity index (χ1) is 8.19. The summed E-state index contributed by atoms with van der Waals surface area (Å²) in [7, 11) is 0. The Morgan fingerprint density at radius 3 is 1.78 bits per heavy atom. The molecule has 1 heteroatoms. The van der Waals surface area contributed by atoms with E-state index in [4.69, 9.17) is 0 Å². The third-order valence-electron chi connectivity index (χ3n) is 5.12. The standard InChI is InChI=1S/C17H25N/c1-12-9-8-10-13(2)15(12)18-11-14(3)16(4,5)17(18,6)7/h8-11H,1-7H3. The molecular formula is C17H25N. The van der Waals surface area contributed by atoms with Gasteiger partial charge >= 0.3 is 0 Å². The van der Waals surface area contributed by atoms with Crippen molar-refractivity contribution >= 4 is 5.69 Å². The molecule has 0 bridgehead atoms. The molecule has 0 saturated carbocycles. The molecule has 1 heterocycles. The maximum Gasteiger partial charge on any atom is 0.0477 e. The molecule has 0 aromatic heterocycles. The second-order valence-electron chi connectivity index (χ2n) is 6.61. The van der Waals surface area contributed by atoms with E-state index >= 15 is 0 Å². The zero-order chi connectivity index (χ0) is 13.7. The van der Waals surface area contributed by atoms with Crippen molar-refractivity contribution < 1.29 is 0 Å². The Balaban J connectivity index is 2.60. The van der Waals surface area contributed by atoms with Crippen LogP contribution in [0.25, 0.3) is 0 Å². The van der Waals surface area contributed by atoms with Gasteiger partial charge in [-0.2, -0.15) is 0 Å². The predicted octanol–water partition coefficient (Wildman–Crippen LogP) is 4.83. The van der Waals surface area contributed by atoms with Gasteiger partial charge in [-0.3, -0.25) is 0 Å². The van der Waals surface area contributed by atoms with Crippen molar-refractivity contribution in [1.82, 2.24) is 0 Å². The molecule has 1 nitrogen and oxygen atoms in total. The average Bonchev–Trinajstić information content (AvgIpc) is 2.40. The molecule has 0 radical (unpaired) electrons. The maximum atomic E-state index is 2.47. The summed E-state index contributed by atoms with van der Waals surface area (Å²) in [6, 6.07) is 6.54. The minimum Gasteiger partial charge on any atom is -0.341 e. The second kappa shape index (κ2) is 3.88. The summed E-state index contributed by atoms with van der Waals surface area (Å²) >= 11 is 0. The zero-order valence-corrected chi connectivity index (χ0v) is 12.8. The highest BCUT2D eigenvalue weighted by molar-refractivity contribution is 5.65. The molecule has 0 amide bonds. The number of para-hydroxylation sites is 1. The van der Waals surface area contributed by atoms with E-state index < -0.39 is 0 Å². The lowest BCUT2D eigenvalue weighted by molar-refractivity contribution is 0.274. The first kappa shape index (κ1) is 13.2. The predicted molar refractivity (Wildman–Crippen MR) is 80.0 cm³/mol. The van der Waals surface area contributed by atoms with Gasteiger partial charge in [0.1, 0.15) is 0 Å². The molecule has 0 spiro atoms. The number of aryl methyl sites for hydroxylation is 2. The number of anilines is 1. The smallest absolute Gasteiger partial charge is 0.0477 e. The summed E-state index contributed by atoms with van der Waals surface area (Å²) in [5.41, 5.74) is 5.83. The lowest BCUT2D eigenvalue weighted by Crippen LogP contribution is -2.47. The maximum absolute atomic E-state index is 2.47. The van der Waals surface area contributed by atoms with E-state index in [1.165, 1.54) is 22.4 Å². The van der Waals surface area contributed by atoms with Gasteiger partial charge in [0.2, 0.25) is 0 Å². The molecule has 1 aromatic carbocycles. The lowest BCUT2D eigenvalue weighted by atomic mass is 9.72. The Labute approximate surface area is 112 Å². The first-order valence-electron chi connectivity index (χ1n) is 6.74. The molecule has 18 heavy (non-hydrogen) atoms. The van der Waals surface area contributed by atoms with E-state index in [0.717, 1.165) is 0 Å². The van der Waals surface area contributed by atoms with Gasteiger partial charge in [0.15, 0.2) is 0 Å². The van der Waals surface area contributed by atoms with Crippen molar-refractivity contribution in [2.75, 3.05) is 4.90 Å². The van der Waals surface area contributed by atoms with Gasteiger partial charge in [0.25, 0.3) is 0 Å². The summed E-state index contributed by atoms with van der Waals surface area (Å²) < 4.78 is 0. The van der Waals surface area contributed by atoms with Gasteiger partial charge in [-0.15, -0.1) is 0 Å². The van der Waals surface area contributed by atoms with Gasteiger partial charge in [-0.1, -0.05) is 32.0 Å². The van der Waals surface area contributed by atoms with E-state index in [-0.39, 0.29) is 11.0 Å². The van der Waals surface area contributed by atoms with Gasteiger partial charge in [0.05, 0.1) is 0 Å². The molecule has 0 N–H and O–H groups in total. The number of hydrogen-bond acceptors (Lipinski definition) is 1. The Morgan fingerprint density at radius 1 is 0.889 bits per heavy atom. The minimum absolute atomic E-state index is 0.105. The Hall–Kier alpha value is -1.24. The zero-order valence-electron chi connectivity index (χ0n) is 12.8. The van der Waals surface area contributed by atoms with E-state index in [1.807, 2.05) is 0 Å². The molecule has 1 aliphatic rings. The van der Waals surface area contributed by atoms with Crippen molar-refractivity contribution in [3.8, 4) is 0 Å². The molecule has 2 rings (SSSR count). The Kier molecular flexibility index (Phi) is 2.84. The number of nitrogens with zero attached hydrogens (tertiary/aromatic N) is 1. The molecule has 98 valence electrons. The largest absolute Gasteiger partial charge is 0.341 e. The molecule has 1 aliphatic heterocycles. The minimum atomic E-state index is 0.105. The molecule has 1 aromatic rings. The third kappa shape index (κ3) is 1.60. The molecule has 0 saturated heterocycles. The number of hydrogen-bond donors (Lipinski definition) is 0. The highest BCUT2D eigenvalue weighted by Gasteiger charge is 2.47. The topological polar surface area (TPSA) is 3.24 Å². The van der Waals surface area contributed by atoms with Crippen LogP contribution in [0.1, 0.15) is 45.7 Å². The summed E-state index contributed by atoms with van der Waals surface area (Å²) in [6.45, 7) is 16.0. The van der Waals surface area contributed by atoms with Crippen molar-refractivity contribution in [2.45, 2.75) is 54.0 Å². The summed E-state index contributed by atoms with van der Waals surface area (Å²) in [4.78, 5) is 2.47. The Bertz CT molecular complexity index is 486. The van der Waals surface area contributed by atoms with Crippen LogP contribution in [0.15, 0.2) is 30.0 Å². The van der Waals surface area contributed by atoms with Crippen LogP contribution in [0.2, 0.25) is 0 Å². The van der Waals surface area contributed by atoms with Gasteiger partial charge in [0, 0.05) is 22.8 Å². The van der Waals surface area contributed by atoms with E-state index in [2.05, 4.69) is 77.8 Å². The SMILES string of the molecule is CC1=CN(c2c(C)cccc2C)C(C)(C)C1(C)C. The normalized spacial score (nSPS) is 21.1. The fourth-order valence-corrected chi connectivity index (χ4v) is 2.83. The molecule has 0 unspecified atom stereocenters. The molecule has 0 fully saturated rings. The van der Waals surface area contributed by atoms with Gasteiger partial charge < -0.3 is 4.90 Å². The van der Waals surface area contributed by atoms with Crippen LogP contribution in [0, 0.1) is 19.3 Å². The van der Waals surface area contributed by atoms with Crippen LogP contribution in [0.5, 0.6) is 0 Å². The van der Waals surface area contributed by atoms with Crippen LogP contribution < -0.4 is 4.90 Å². The van der Waals surface area contributed by atoms with Gasteiger partial charge in [-0.25, -0.2) is 0 Å². The third-order valence-corrected chi connectivity index (χ3v) is 5.12. The van der Waals surface area contributed by atoms with Crippen molar-refractivity contribution in [2.24, 2.45) is 5.41 Å². The quantitative estimate of drug-likeness (QED) is 0.682. The van der Waals surface area contributed by atoms with Crippen molar-refractivity contribution in [1.29, 1.82) is 0 Å². The van der Waals surface area contributed by atoms with E-state index in [1.54, 1.807) is 0 Å². The van der Waals surface area contributed by atoms with Crippen LogP contribution in [-0.4, -0.2) is 5.54 Å². The monoisotopic (exact) mass is 243 g/mol. The van der Waals surface area contributed by atoms with E-state index in [9.17, 15) is 0 Å². The number of rotatable bonds is 1. The lowest BCUT2D eigenvalue weighted by Gasteiger charge is -2.44. The number of benzene rings is 1. The van der Waals surface area contributed by atoms with Crippen LogP contribution in [-0.2, 0) is 0 Å². The average molecular weight is 243 g/mol. The Morgan fingerprint density at radius 2 is 1.39 bits per heavy atom. The summed E-state index contributed by atoms with van der Waals surface area (Å²) in [5.74, 6) is 0. The van der Waals surface area contributed by atoms with Crippen LogP contribution in [0.4, 0.5) is 5.69 Å². The van der Waals surface area contributed by atoms with Crippen molar-refractivity contribution in [3.05, 3.63) is 41.1 Å². The summed E-state index contributed by atoms with van der Waals surface area (Å²) in [6.07, 6.45) is 2.33. The molecule has 0 atom stereocenters. The van der Waals surface area contributed by atoms with E-state index in [0.29, 0.717) is 0 Å². The first-order valence-corrected chi connectivity index (χ1v) is 6.74.